The van der Waals surface area contributed by atoms with E-state index in [0.717, 1.165) is 17.7 Å². The predicted octanol–water partition coefficient (Wildman–Crippen LogP) is 3.87. The van der Waals surface area contributed by atoms with Crippen LogP contribution >= 0.6 is 0 Å². The first-order valence-corrected chi connectivity index (χ1v) is 6.87. The van der Waals surface area contributed by atoms with Crippen molar-refractivity contribution in [1.82, 2.24) is 0 Å². The second-order valence-electron chi connectivity index (χ2n) is 4.68. The van der Waals surface area contributed by atoms with E-state index in [1.54, 1.807) is 21.3 Å². The van der Waals surface area contributed by atoms with E-state index in [-0.39, 0.29) is 11.8 Å². The lowest BCUT2D eigenvalue weighted by molar-refractivity contribution is 0.320. The fraction of sp³-hybridized carbons (Fsp3) is 0.529. The largest absolute Gasteiger partial charge is 0.493 e. The molecule has 0 N–H and O–H groups in total. The quantitative estimate of drug-likeness (QED) is 0.764. The van der Waals surface area contributed by atoms with Gasteiger partial charge in [-0.05, 0) is 12.0 Å². The topological polar surface area (TPSA) is 27.7 Å². The lowest BCUT2D eigenvalue weighted by Crippen LogP contribution is -2.07. The number of ether oxygens (including phenoxy) is 3. The van der Waals surface area contributed by atoms with Gasteiger partial charge in [-0.25, -0.2) is 0 Å². The van der Waals surface area contributed by atoms with Gasteiger partial charge in [-0.3, -0.25) is 0 Å². The van der Waals surface area contributed by atoms with Gasteiger partial charge in [0.2, 0.25) is 5.75 Å². The molecule has 3 heteroatoms. The Morgan fingerprint density at radius 3 is 2.15 bits per heavy atom. The van der Waals surface area contributed by atoms with E-state index in [4.69, 9.17) is 14.2 Å². The lowest BCUT2D eigenvalue weighted by Gasteiger charge is -2.21. The molecule has 0 aliphatic heterocycles. The van der Waals surface area contributed by atoms with Crippen molar-refractivity contribution in [3.63, 3.8) is 0 Å². The third-order valence-electron chi connectivity index (χ3n) is 3.48. The third kappa shape index (κ3) is 3.39. The van der Waals surface area contributed by atoms with E-state index < -0.39 is 0 Å². The number of hydrogen-bond acceptors (Lipinski definition) is 3. The standard InChI is InChI=1S/C17H24O3/c1-7-8-9-12(2)13(3)14-10-11-15(18-4)17(20-6)16(14)19-5/h10-13H,7H2,1-6H3. The zero-order chi connectivity index (χ0) is 15.1. The third-order valence-corrected chi connectivity index (χ3v) is 3.48. The average molecular weight is 276 g/mol. The van der Waals surface area contributed by atoms with E-state index in [2.05, 4.69) is 32.6 Å². The van der Waals surface area contributed by atoms with Crippen LogP contribution in [0.25, 0.3) is 0 Å². The maximum absolute atomic E-state index is 5.53. The van der Waals surface area contributed by atoms with Gasteiger partial charge >= 0.3 is 0 Å². The number of benzene rings is 1. The molecule has 110 valence electrons. The summed E-state index contributed by atoms with van der Waals surface area (Å²) in [5, 5.41) is 0. The second kappa shape index (κ2) is 7.69. The second-order valence-corrected chi connectivity index (χ2v) is 4.68. The Balaban J connectivity index is 3.24. The highest BCUT2D eigenvalue weighted by Crippen LogP contribution is 2.43. The molecule has 1 rings (SSSR count). The van der Waals surface area contributed by atoms with Gasteiger partial charge in [0.25, 0.3) is 0 Å². The summed E-state index contributed by atoms with van der Waals surface area (Å²) in [4.78, 5) is 0. The zero-order valence-electron chi connectivity index (χ0n) is 13.2. The lowest BCUT2D eigenvalue weighted by atomic mass is 9.88. The van der Waals surface area contributed by atoms with Gasteiger partial charge in [0, 0.05) is 17.9 Å². The smallest absolute Gasteiger partial charge is 0.203 e. The summed E-state index contributed by atoms with van der Waals surface area (Å²) >= 11 is 0. The van der Waals surface area contributed by atoms with Gasteiger partial charge in [0.15, 0.2) is 11.5 Å². The summed E-state index contributed by atoms with van der Waals surface area (Å²) in [7, 11) is 4.89. The molecular weight excluding hydrogens is 252 g/mol. The SMILES string of the molecule is CCC#CC(C)C(C)c1ccc(OC)c(OC)c1OC. The Morgan fingerprint density at radius 2 is 1.65 bits per heavy atom. The van der Waals surface area contributed by atoms with Crippen LogP contribution in [0.1, 0.15) is 38.7 Å². The first-order chi connectivity index (χ1) is 9.60. The predicted molar refractivity (Wildman–Crippen MR) is 81.7 cm³/mol. The summed E-state index contributed by atoms with van der Waals surface area (Å²) < 4.78 is 16.3. The Hall–Kier alpha value is -1.82. The molecule has 0 aliphatic carbocycles. The van der Waals surface area contributed by atoms with Crippen LogP contribution in [-0.2, 0) is 0 Å². The van der Waals surface area contributed by atoms with E-state index in [0.29, 0.717) is 11.5 Å². The number of hydrogen-bond donors (Lipinski definition) is 0. The van der Waals surface area contributed by atoms with Crippen LogP contribution < -0.4 is 14.2 Å². The van der Waals surface area contributed by atoms with Crippen LogP contribution in [0.3, 0.4) is 0 Å². The van der Waals surface area contributed by atoms with Crippen molar-refractivity contribution >= 4 is 0 Å². The van der Waals surface area contributed by atoms with Crippen molar-refractivity contribution in [2.75, 3.05) is 21.3 Å². The summed E-state index contributed by atoms with van der Waals surface area (Å²) in [6, 6.07) is 3.93. The first-order valence-electron chi connectivity index (χ1n) is 6.87. The monoisotopic (exact) mass is 276 g/mol. The van der Waals surface area contributed by atoms with Crippen LogP contribution in [0.15, 0.2) is 12.1 Å². The summed E-state index contributed by atoms with van der Waals surface area (Å²) in [6.45, 7) is 6.34. The van der Waals surface area contributed by atoms with Crippen molar-refractivity contribution in [3.8, 4) is 29.1 Å². The molecule has 0 aliphatic rings. The van der Waals surface area contributed by atoms with Crippen LogP contribution in [0.5, 0.6) is 17.2 Å². The molecule has 0 fully saturated rings. The van der Waals surface area contributed by atoms with Crippen molar-refractivity contribution in [3.05, 3.63) is 17.7 Å². The number of methoxy groups -OCH3 is 3. The fourth-order valence-electron chi connectivity index (χ4n) is 2.14. The van der Waals surface area contributed by atoms with Crippen LogP contribution in [-0.4, -0.2) is 21.3 Å². The number of rotatable bonds is 5. The van der Waals surface area contributed by atoms with Gasteiger partial charge < -0.3 is 14.2 Å². The molecule has 1 aromatic rings. The molecule has 0 bridgehead atoms. The van der Waals surface area contributed by atoms with Crippen molar-refractivity contribution in [1.29, 1.82) is 0 Å². The minimum atomic E-state index is 0.252. The maximum Gasteiger partial charge on any atom is 0.203 e. The van der Waals surface area contributed by atoms with Crippen molar-refractivity contribution in [2.45, 2.75) is 33.1 Å². The van der Waals surface area contributed by atoms with Crippen molar-refractivity contribution < 1.29 is 14.2 Å². The molecule has 0 radical (unpaired) electrons. The summed E-state index contributed by atoms with van der Waals surface area (Å²) in [5.74, 6) is 8.95. The van der Waals surface area contributed by atoms with Crippen molar-refractivity contribution in [2.24, 2.45) is 5.92 Å². The molecule has 0 saturated heterocycles. The molecule has 3 nitrogen and oxygen atoms in total. The first kappa shape index (κ1) is 16.2. The zero-order valence-corrected chi connectivity index (χ0v) is 13.2. The van der Waals surface area contributed by atoms with Gasteiger partial charge in [0.05, 0.1) is 21.3 Å². The fourth-order valence-corrected chi connectivity index (χ4v) is 2.14. The Bertz CT molecular complexity index is 497. The normalized spacial score (nSPS) is 12.9. The molecule has 1 aromatic carbocycles. The van der Waals surface area contributed by atoms with Crippen LogP contribution in [0.2, 0.25) is 0 Å². The molecule has 0 heterocycles. The minimum absolute atomic E-state index is 0.252. The highest BCUT2D eigenvalue weighted by molar-refractivity contribution is 5.57. The minimum Gasteiger partial charge on any atom is -0.493 e. The average Bonchev–Trinajstić information content (AvgIpc) is 2.49. The molecule has 0 saturated carbocycles. The highest BCUT2D eigenvalue weighted by Gasteiger charge is 2.22. The molecule has 0 amide bonds. The van der Waals surface area contributed by atoms with Gasteiger partial charge in [-0.15, -0.1) is 5.92 Å². The molecule has 0 aromatic heterocycles. The van der Waals surface area contributed by atoms with Gasteiger partial charge in [-0.1, -0.05) is 32.8 Å². The van der Waals surface area contributed by atoms with Crippen LogP contribution in [0.4, 0.5) is 0 Å². The van der Waals surface area contributed by atoms with E-state index >= 15 is 0 Å². The Morgan fingerprint density at radius 1 is 1.00 bits per heavy atom. The van der Waals surface area contributed by atoms with Gasteiger partial charge in [0.1, 0.15) is 0 Å². The molecule has 2 unspecified atom stereocenters. The van der Waals surface area contributed by atoms with E-state index in [1.165, 1.54) is 0 Å². The Labute approximate surface area is 122 Å². The highest BCUT2D eigenvalue weighted by atomic mass is 16.5. The van der Waals surface area contributed by atoms with E-state index in [1.807, 2.05) is 12.1 Å². The van der Waals surface area contributed by atoms with Crippen LogP contribution in [0, 0.1) is 17.8 Å². The van der Waals surface area contributed by atoms with Gasteiger partial charge in [-0.2, -0.15) is 0 Å². The maximum atomic E-state index is 5.53. The summed E-state index contributed by atoms with van der Waals surface area (Å²) in [6.07, 6.45) is 0.875. The molecule has 20 heavy (non-hydrogen) atoms. The summed E-state index contributed by atoms with van der Waals surface area (Å²) in [5.41, 5.74) is 1.09. The molecular formula is C17H24O3. The molecule has 0 spiro atoms. The Kier molecular flexibility index (Phi) is 6.24. The molecule has 2 atom stereocenters. The van der Waals surface area contributed by atoms with E-state index in [9.17, 15) is 0 Å².